The van der Waals surface area contributed by atoms with Gasteiger partial charge in [-0.2, -0.15) is 0 Å². The largest absolute Gasteiger partial charge is 0.383 e. The van der Waals surface area contributed by atoms with Crippen LogP contribution in [-0.4, -0.2) is 21.0 Å². The number of benzene rings is 1. The highest BCUT2D eigenvalue weighted by Gasteiger charge is 2.12. The first-order chi connectivity index (χ1) is 8.49. The van der Waals surface area contributed by atoms with Crippen LogP contribution in [-0.2, 0) is 10.0 Å². The first-order valence-electron chi connectivity index (χ1n) is 6.35. The van der Waals surface area contributed by atoms with Crippen molar-refractivity contribution in [2.75, 3.05) is 11.9 Å². The highest BCUT2D eigenvalue weighted by atomic mass is 32.2. The van der Waals surface area contributed by atoms with Gasteiger partial charge in [0.25, 0.3) is 0 Å². The predicted molar refractivity (Wildman–Crippen MR) is 75.3 cm³/mol. The van der Waals surface area contributed by atoms with Gasteiger partial charge < -0.3 is 5.32 Å². The fourth-order valence-electron chi connectivity index (χ4n) is 1.44. The van der Waals surface area contributed by atoms with E-state index >= 15 is 0 Å². The molecule has 1 atom stereocenters. The predicted octanol–water partition coefficient (Wildman–Crippen LogP) is 2.59. The molecule has 0 radical (unpaired) electrons. The number of anilines is 1. The lowest BCUT2D eigenvalue weighted by atomic mass is 10.2. The van der Waals surface area contributed by atoms with Crippen molar-refractivity contribution in [3.8, 4) is 0 Å². The van der Waals surface area contributed by atoms with Crippen molar-refractivity contribution in [3.05, 3.63) is 24.3 Å². The van der Waals surface area contributed by atoms with Crippen LogP contribution in [0.3, 0.4) is 0 Å². The van der Waals surface area contributed by atoms with Gasteiger partial charge in [-0.15, -0.1) is 0 Å². The van der Waals surface area contributed by atoms with Crippen LogP contribution in [0.5, 0.6) is 0 Å². The average Bonchev–Trinajstić information content (AvgIpc) is 2.37. The van der Waals surface area contributed by atoms with Crippen molar-refractivity contribution >= 4 is 15.7 Å². The van der Waals surface area contributed by atoms with Crippen LogP contribution in [0.1, 0.15) is 33.6 Å². The molecule has 1 aromatic carbocycles. The maximum absolute atomic E-state index is 11.8. The SMILES string of the molecule is CCCNS(=O)(=O)c1ccc(NC(C)CC)cc1. The molecule has 4 nitrogen and oxygen atoms in total. The lowest BCUT2D eigenvalue weighted by molar-refractivity contribution is 0.581. The quantitative estimate of drug-likeness (QED) is 0.800. The van der Waals surface area contributed by atoms with Gasteiger partial charge in [-0.25, -0.2) is 13.1 Å². The first-order valence-corrected chi connectivity index (χ1v) is 7.84. The summed E-state index contributed by atoms with van der Waals surface area (Å²) >= 11 is 0. The molecule has 0 aliphatic heterocycles. The molecule has 0 aromatic heterocycles. The summed E-state index contributed by atoms with van der Waals surface area (Å²) in [5.74, 6) is 0. The molecule has 0 fully saturated rings. The van der Waals surface area contributed by atoms with E-state index in [2.05, 4.69) is 23.9 Å². The Bertz CT molecular complexity index is 454. The Morgan fingerprint density at radius 2 is 1.78 bits per heavy atom. The third kappa shape index (κ3) is 4.31. The van der Waals surface area contributed by atoms with E-state index in [4.69, 9.17) is 0 Å². The highest BCUT2D eigenvalue weighted by Crippen LogP contribution is 2.15. The molecule has 0 heterocycles. The number of hydrogen-bond donors (Lipinski definition) is 2. The summed E-state index contributed by atoms with van der Waals surface area (Å²) < 4.78 is 26.2. The van der Waals surface area contributed by atoms with Crippen molar-refractivity contribution in [1.82, 2.24) is 4.72 Å². The van der Waals surface area contributed by atoms with Crippen LogP contribution in [0.4, 0.5) is 5.69 Å². The third-order valence-corrected chi connectivity index (χ3v) is 4.21. The summed E-state index contributed by atoms with van der Waals surface area (Å²) in [5.41, 5.74) is 0.943. The van der Waals surface area contributed by atoms with Crippen LogP contribution in [0.25, 0.3) is 0 Å². The summed E-state index contributed by atoms with van der Waals surface area (Å²) in [6.07, 6.45) is 1.81. The minimum atomic E-state index is -3.35. The van der Waals surface area contributed by atoms with E-state index in [9.17, 15) is 8.42 Å². The maximum atomic E-state index is 11.8. The van der Waals surface area contributed by atoms with Gasteiger partial charge in [0.2, 0.25) is 10.0 Å². The minimum absolute atomic E-state index is 0.311. The maximum Gasteiger partial charge on any atom is 0.240 e. The van der Waals surface area contributed by atoms with Crippen molar-refractivity contribution in [3.63, 3.8) is 0 Å². The van der Waals surface area contributed by atoms with E-state index in [0.29, 0.717) is 17.5 Å². The van der Waals surface area contributed by atoms with Gasteiger partial charge in [0.15, 0.2) is 0 Å². The molecule has 0 aliphatic rings. The topological polar surface area (TPSA) is 58.2 Å². The molecular formula is C13H22N2O2S. The van der Waals surface area contributed by atoms with E-state index < -0.39 is 10.0 Å². The summed E-state index contributed by atoms with van der Waals surface area (Å²) in [6, 6.07) is 7.23. The molecule has 2 N–H and O–H groups in total. The summed E-state index contributed by atoms with van der Waals surface area (Å²) in [7, 11) is -3.35. The molecule has 1 aromatic rings. The van der Waals surface area contributed by atoms with Crippen LogP contribution >= 0.6 is 0 Å². The van der Waals surface area contributed by atoms with E-state index in [-0.39, 0.29) is 0 Å². The average molecular weight is 270 g/mol. The Kier molecular flexibility index (Phi) is 5.62. The Balaban J connectivity index is 2.76. The van der Waals surface area contributed by atoms with Crippen LogP contribution in [0.15, 0.2) is 29.2 Å². The molecule has 0 aliphatic carbocycles. The van der Waals surface area contributed by atoms with Gasteiger partial charge in [0.1, 0.15) is 0 Å². The standard InChI is InChI=1S/C13H22N2O2S/c1-4-10-14-18(16,17)13-8-6-12(7-9-13)15-11(3)5-2/h6-9,11,14-15H,4-5,10H2,1-3H3. The number of rotatable bonds is 7. The van der Waals surface area contributed by atoms with E-state index in [1.54, 1.807) is 24.3 Å². The summed E-state index contributed by atoms with van der Waals surface area (Å²) in [6.45, 7) is 6.59. The number of hydrogen-bond acceptors (Lipinski definition) is 3. The van der Waals surface area contributed by atoms with Crippen LogP contribution in [0, 0.1) is 0 Å². The van der Waals surface area contributed by atoms with Crippen molar-refractivity contribution in [1.29, 1.82) is 0 Å². The molecule has 5 heteroatoms. The van der Waals surface area contributed by atoms with Gasteiger partial charge in [-0.1, -0.05) is 13.8 Å². The molecule has 0 amide bonds. The molecule has 0 saturated carbocycles. The smallest absolute Gasteiger partial charge is 0.240 e. The summed E-state index contributed by atoms with van der Waals surface area (Å²) in [4.78, 5) is 0.311. The Morgan fingerprint density at radius 3 is 2.28 bits per heavy atom. The molecule has 18 heavy (non-hydrogen) atoms. The zero-order valence-electron chi connectivity index (χ0n) is 11.2. The lowest BCUT2D eigenvalue weighted by Crippen LogP contribution is -2.24. The van der Waals surface area contributed by atoms with Crippen LogP contribution in [0.2, 0.25) is 0 Å². The van der Waals surface area contributed by atoms with E-state index in [0.717, 1.165) is 18.5 Å². The van der Waals surface area contributed by atoms with E-state index in [1.807, 2.05) is 6.92 Å². The molecule has 0 bridgehead atoms. The molecule has 1 rings (SSSR count). The second-order valence-electron chi connectivity index (χ2n) is 4.38. The molecule has 0 saturated heterocycles. The first kappa shape index (κ1) is 15.0. The van der Waals surface area contributed by atoms with Gasteiger partial charge >= 0.3 is 0 Å². The van der Waals surface area contributed by atoms with Crippen LogP contribution < -0.4 is 10.0 Å². The van der Waals surface area contributed by atoms with Gasteiger partial charge in [0.05, 0.1) is 4.90 Å². The lowest BCUT2D eigenvalue weighted by Gasteiger charge is -2.13. The fourth-order valence-corrected chi connectivity index (χ4v) is 2.57. The second-order valence-corrected chi connectivity index (χ2v) is 6.14. The normalized spacial score (nSPS) is 13.3. The van der Waals surface area contributed by atoms with E-state index in [1.165, 1.54) is 0 Å². The Hall–Kier alpha value is -1.07. The molecule has 0 spiro atoms. The Labute approximate surface area is 110 Å². The number of sulfonamides is 1. The van der Waals surface area contributed by atoms with Gasteiger partial charge in [-0.05, 0) is 44.0 Å². The van der Waals surface area contributed by atoms with Crippen molar-refractivity contribution < 1.29 is 8.42 Å². The van der Waals surface area contributed by atoms with Crippen molar-refractivity contribution in [2.45, 2.75) is 44.6 Å². The minimum Gasteiger partial charge on any atom is -0.383 e. The third-order valence-electron chi connectivity index (χ3n) is 2.73. The molecule has 102 valence electrons. The highest BCUT2D eigenvalue weighted by molar-refractivity contribution is 7.89. The van der Waals surface area contributed by atoms with Gasteiger partial charge in [-0.3, -0.25) is 0 Å². The zero-order chi connectivity index (χ0) is 13.6. The van der Waals surface area contributed by atoms with Gasteiger partial charge in [0, 0.05) is 18.3 Å². The number of nitrogens with one attached hydrogen (secondary N) is 2. The zero-order valence-corrected chi connectivity index (χ0v) is 12.0. The molecular weight excluding hydrogens is 248 g/mol. The molecule has 1 unspecified atom stereocenters. The van der Waals surface area contributed by atoms with Crippen molar-refractivity contribution in [2.24, 2.45) is 0 Å². The Morgan fingerprint density at radius 1 is 1.17 bits per heavy atom. The second kappa shape index (κ2) is 6.75. The summed E-state index contributed by atoms with van der Waals surface area (Å²) in [5, 5.41) is 3.30. The monoisotopic (exact) mass is 270 g/mol. The fraction of sp³-hybridized carbons (Fsp3) is 0.538.